The predicted octanol–water partition coefficient (Wildman–Crippen LogP) is 0.108. The summed E-state index contributed by atoms with van der Waals surface area (Å²) in [6.07, 6.45) is 0.343. The molecule has 0 saturated carbocycles. The van der Waals surface area contributed by atoms with Crippen LogP contribution < -0.4 is 29.6 Å². The van der Waals surface area contributed by atoms with Gasteiger partial charge in [-0.2, -0.15) is 10.2 Å². The van der Waals surface area contributed by atoms with E-state index in [9.17, 15) is 19.2 Å². The Bertz CT molecular complexity index is 1260. The summed E-state index contributed by atoms with van der Waals surface area (Å²) >= 11 is 0. The molecule has 4 N–H and O–H groups in total. The van der Waals surface area contributed by atoms with Crippen LogP contribution in [-0.2, 0) is 40.1 Å². The van der Waals surface area contributed by atoms with Crippen LogP contribution in [0, 0.1) is 0 Å². The fraction of sp³-hybridized carbons (Fsp3) is 0.615. The van der Waals surface area contributed by atoms with E-state index in [1.165, 1.54) is 4.90 Å². The third-order valence-corrected chi connectivity index (χ3v) is 5.84. The van der Waals surface area contributed by atoms with Crippen molar-refractivity contribution in [2.45, 2.75) is 85.6 Å². The Kier molecular flexibility index (Phi) is 13.0. The second-order valence-corrected chi connectivity index (χ2v) is 11.4. The van der Waals surface area contributed by atoms with Gasteiger partial charge < -0.3 is 34.6 Å². The summed E-state index contributed by atoms with van der Waals surface area (Å²) in [7, 11) is 0. The van der Waals surface area contributed by atoms with Gasteiger partial charge in [0.05, 0.1) is 19.7 Å². The minimum absolute atomic E-state index is 0. The van der Waals surface area contributed by atoms with E-state index >= 15 is 0 Å². The Hall–Kier alpha value is -3.14. The monoisotopic (exact) mass is 602 g/mol. The normalized spacial score (nSPS) is 14.1. The number of fused-ring (bicyclic) bond motifs is 2. The zero-order valence-electron chi connectivity index (χ0n) is 25.5. The van der Waals surface area contributed by atoms with E-state index in [4.69, 9.17) is 19.3 Å². The molecular formula is C26H39N6NaO9. The molecule has 42 heavy (non-hydrogen) atoms. The molecule has 0 fully saturated rings. The number of carboxylic acids is 1. The van der Waals surface area contributed by atoms with E-state index in [2.05, 4.69) is 20.4 Å². The second-order valence-electron chi connectivity index (χ2n) is 11.4. The van der Waals surface area contributed by atoms with E-state index in [-0.39, 0.29) is 65.7 Å². The quantitative estimate of drug-likeness (QED) is 0.244. The van der Waals surface area contributed by atoms with Crippen LogP contribution in [0.3, 0.4) is 0 Å². The van der Waals surface area contributed by atoms with Crippen LogP contribution in [0.2, 0.25) is 0 Å². The largest absolute Gasteiger partial charge is 1.00 e. The van der Waals surface area contributed by atoms with Gasteiger partial charge in [0.2, 0.25) is 0 Å². The van der Waals surface area contributed by atoms with Crippen LogP contribution in [0.1, 0.15) is 92.0 Å². The van der Waals surface area contributed by atoms with Gasteiger partial charge in [-0.1, -0.05) is 0 Å². The number of hydrogen-bond acceptors (Lipinski definition) is 10. The summed E-state index contributed by atoms with van der Waals surface area (Å²) in [6.45, 7) is 14.4. The summed E-state index contributed by atoms with van der Waals surface area (Å²) in [5.74, 6) is -1.57. The van der Waals surface area contributed by atoms with Gasteiger partial charge in [-0.25, -0.2) is 19.2 Å². The minimum atomic E-state index is -1.09. The second kappa shape index (κ2) is 14.8. The number of H-pyrrole nitrogens is 2. The summed E-state index contributed by atoms with van der Waals surface area (Å²) in [5.41, 5.74) is 2.04. The van der Waals surface area contributed by atoms with Gasteiger partial charge >= 0.3 is 53.7 Å². The molecule has 2 aliphatic heterocycles. The van der Waals surface area contributed by atoms with Crippen LogP contribution in [-0.4, -0.2) is 95.8 Å². The van der Waals surface area contributed by atoms with Crippen molar-refractivity contribution in [1.82, 2.24) is 30.2 Å². The number of aromatic amines is 2. The maximum atomic E-state index is 12.1. The van der Waals surface area contributed by atoms with Gasteiger partial charge in [-0.3, -0.25) is 10.2 Å². The Balaban J connectivity index is 0.000000403. The minimum Gasteiger partial charge on any atom is -0.870 e. The van der Waals surface area contributed by atoms with Gasteiger partial charge in [0.25, 0.3) is 0 Å². The van der Waals surface area contributed by atoms with Crippen molar-refractivity contribution in [3.63, 3.8) is 0 Å². The Morgan fingerprint density at radius 3 is 1.60 bits per heavy atom. The fourth-order valence-electron chi connectivity index (χ4n) is 4.10. The molecule has 15 nitrogen and oxygen atoms in total. The summed E-state index contributed by atoms with van der Waals surface area (Å²) in [4.78, 5) is 50.0. The molecular weight excluding hydrogens is 563 g/mol. The van der Waals surface area contributed by atoms with Crippen molar-refractivity contribution >= 4 is 24.1 Å². The smallest absolute Gasteiger partial charge is 0.870 e. The molecule has 4 rings (SSSR count). The molecule has 2 aromatic rings. The topological polar surface area (TPSA) is 210 Å². The molecule has 2 aliphatic rings. The van der Waals surface area contributed by atoms with Crippen molar-refractivity contribution in [3.8, 4) is 0 Å². The van der Waals surface area contributed by atoms with Crippen LogP contribution in [0.4, 0.5) is 9.59 Å². The first kappa shape index (κ1) is 36.9. The van der Waals surface area contributed by atoms with E-state index in [1.807, 2.05) is 20.8 Å². The van der Waals surface area contributed by atoms with Crippen molar-refractivity contribution in [1.29, 1.82) is 0 Å². The number of carboxylic acid groups (broad SMARTS) is 1. The Morgan fingerprint density at radius 1 is 0.810 bits per heavy atom. The zero-order valence-corrected chi connectivity index (χ0v) is 27.5. The number of aromatic nitrogens is 4. The van der Waals surface area contributed by atoms with Gasteiger partial charge in [0.15, 0.2) is 11.4 Å². The van der Waals surface area contributed by atoms with Crippen LogP contribution >= 0.6 is 0 Å². The third kappa shape index (κ3) is 9.71. The fourth-order valence-corrected chi connectivity index (χ4v) is 4.10. The molecule has 0 atom stereocenters. The van der Waals surface area contributed by atoms with Gasteiger partial charge in [0, 0.05) is 48.4 Å². The van der Waals surface area contributed by atoms with Crippen LogP contribution in [0.5, 0.6) is 0 Å². The number of nitrogens with one attached hydrogen (secondary N) is 2. The summed E-state index contributed by atoms with van der Waals surface area (Å²) in [6, 6.07) is 0. The molecule has 4 heterocycles. The van der Waals surface area contributed by atoms with Gasteiger partial charge in [0.1, 0.15) is 11.2 Å². The average Bonchev–Trinajstić information content (AvgIpc) is 3.46. The van der Waals surface area contributed by atoms with Gasteiger partial charge in [-0.15, -0.1) is 0 Å². The summed E-state index contributed by atoms with van der Waals surface area (Å²) in [5, 5.41) is 22.3. The zero-order chi connectivity index (χ0) is 29.8. The van der Waals surface area contributed by atoms with Crippen molar-refractivity contribution in [2.75, 3.05) is 19.7 Å². The van der Waals surface area contributed by atoms with Crippen LogP contribution in [0.15, 0.2) is 0 Å². The van der Waals surface area contributed by atoms with E-state index in [1.54, 1.807) is 32.6 Å². The standard InChI is InChI=1S/C14H21N3O4.C12H17N3O4.Na.H2O/c1-5-20-12(18)11-9-8-17(7-6-10(9)15-16-11)13(19)21-14(2,3)4;1-12(2,3)19-11(18)15-5-4-8-7(6-15)9(10(16)17)14-13-8;;/h5-8H2,1-4H3,(H,15,16);4-6H2,1-3H3,(H,13,14)(H,16,17);;1H2/q;;+1;/p-1. The first-order chi connectivity index (χ1) is 18.6. The molecule has 16 heteroatoms. The van der Waals surface area contributed by atoms with E-state index in [0.717, 1.165) is 11.4 Å². The number of hydrogen-bond donors (Lipinski definition) is 3. The number of aromatic carboxylic acids is 1. The molecule has 0 radical (unpaired) electrons. The molecule has 0 spiro atoms. The molecule has 0 aliphatic carbocycles. The number of carbonyl (C=O) groups excluding carboxylic acids is 3. The Morgan fingerprint density at radius 2 is 1.21 bits per heavy atom. The molecule has 2 amide bonds. The molecule has 0 saturated heterocycles. The molecule has 228 valence electrons. The van der Waals surface area contributed by atoms with E-state index in [0.29, 0.717) is 43.6 Å². The number of carbonyl (C=O) groups is 4. The van der Waals surface area contributed by atoms with Crippen molar-refractivity contribution in [3.05, 3.63) is 33.9 Å². The van der Waals surface area contributed by atoms with Crippen molar-refractivity contribution in [2.24, 2.45) is 0 Å². The maximum absolute atomic E-state index is 12.1. The number of amides is 2. The first-order valence-corrected chi connectivity index (χ1v) is 13.1. The number of rotatable bonds is 3. The average molecular weight is 603 g/mol. The van der Waals surface area contributed by atoms with Gasteiger partial charge in [-0.05, 0) is 48.5 Å². The predicted molar refractivity (Wildman–Crippen MR) is 143 cm³/mol. The van der Waals surface area contributed by atoms with Crippen molar-refractivity contribution < 1.29 is 73.5 Å². The number of esters is 1. The molecule has 2 aromatic heterocycles. The maximum Gasteiger partial charge on any atom is 1.00 e. The summed E-state index contributed by atoms with van der Waals surface area (Å²) < 4.78 is 15.6. The Labute approximate surface area is 266 Å². The SMILES string of the molecule is CC(C)(C)OC(=O)N1CCc2[nH]nc(C(=O)O)c2C1.CCOC(=O)c1n[nH]c2c1CN(C(=O)OC(C)(C)C)CC2.[Na+].[OH-]. The third-order valence-electron chi connectivity index (χ3n) is 5.84. The molecule has 0 bridgehead atoms. The van der Waals surface area contributed by atoms with E-state index < -0.39 is 29.2 Å². The number of nitrogens with zero attached hydrogens (tertiary/aromatic N) is 4. The first-order valence-electron chi connectivity index (χ1n) is 13.1. The van der Waals surface area contributed by atoms with Crippen LogP contribution in [0.25, 0.3) is 0 Å². The molecule has 0 unspecified atom stereocenters. The number of ether oxygens (including phenoxy) is 3. The molecule has 0 aromatic carbocycles.